The second kappa shape index (κ2) is 7.89. The number of ketones is 2. The predicted octanol–water partition coefficient (Wildman–Crippen LogP) is 1.46. The Hall–Kier alpha value is -1.43. The Morgan fingerprint density at radius 1 is 1.21 bits per heavy atom. The van der Waals surface area contributed by atoms with Crippen LogP contribution in [0.1, 0.15) is 40.5 Å². The first kappa shape index (κ1) is 17.6. The first-order valence-corrected chi connectivity index (χ1v) is 6.18. The zero-order valence-electron chi connectivity index (χ0n) is 12.2. The van der Waals surface area contributed by atoms with Gasteiger partial charge in [-0.15, -0.1) is 0 Å². The lowest BCUT2D eigenvalue weighted by atomic mass is 10.1. The molecule has 0 aliphatic carbocycles. The Morgan fingerprint density at radius 2 is 1.79 bits per heavy atom. The summed E-state index contributed by atoms with van der Waals surface area (Å²) in [7, 11) is 1.53. The second-order valence-electron chi connectivity index (χ2n) is 5.31. The fourth-order valence-electron chi connectivity index (χ4n) is 1.33. The van der Waals surface area contributed by atoms with E-state index in [1.54, 1.807) is 20.8 Å². The molecule has 1 N–H and O–H groups in total. The Morgan fingerprint density at radius 3 is 2.21 bits per heavy atom. The van der Waals surface area contributed by atoms with Crippen LogP contribution in [0.25, 0.3) is 0 Å². The summed E-state index contributed by atoms with van der Waals surface area (Å²) in [5.41, 5.74) is -0.611. The summed E-state index contributed by atoms with van der Waals surface area (Å²) in [5.74, 6) is -1.04. The Kier molecular flexibility index (Phi) is 7.29. The van der Waals surface area contributed by atoms with Crippen molar-refractivity contribution in [3.63, 3.8) is 0 Å². The molecule has 0 saturated heterocycles. The topological polar surface area (TPSA) is 81.7 Å². The molecule has 110 valence electrons. The summed E-state index contributed by atoms with van der Waals surface area (Å²) >= 11 is 0. The van der Waals surface area contributed by atoms with Gasteiger partial charge in [-0.1, -0.05) is 0 Å². The molecule has 0 rings (SSSR count). The van der Waals surface area contributed by atoms with E-state index < -0.39 is 29.3 Å². The smallest absolute Gasteiger partial charge is 0.407 e. The molecule has 6 nitrogen and oxygen atoms in total. The number of Topliss-reactive ketones (excluding diaryl/α,β-unsaturated/α-hetero) is 2. The molecule has 0 heterocycles. The van der Waals surface area contributed by atoms with Crippen molar-refractivity contribution in [3.8, 4) is 0 Å². The number of carbonyl (C=O) groups excluding carboxylic acids is 3. The maximum Gasteiger partial charge on any atom is 0.407 e. The fraction of sp³-hybridized carbons (Fsp3) is 0.769. The molecular formula is C13H23NO5. The molecular weight excluding hydrogens is 250 g/mol. The molecule has 6 heteroatoms. The molecule has 0 bridgehead atoms. The summed E-state index contributed by atoms with van der Waals surface area (Å²) in [6, 6.07) is -0.466. The van der Waals surface area contributed by atoms with Crippen molar-refractivity contribution in [1.29, 1.82) is 0 Å². The third kappa shape index (κ3) is 9.18. The maximum atomic E-state index is 11.6. The molecule has 0 aromatic heterocycles. The maximum absolute atomic E-state index is 11.6. The lowest BCUT2D eigenvalue weighted by molar-refractivity contribution is -0.135. The van der Waals surface area contributed by atoms with Gasteiger partial charge in [-0.3, -0.25) is 9.59 Å². The third-order valence-corrected chi connectivity index (χ3v) is 2.22. The van der Waals surface area contributed by atoms with Crippen LogP contribution < -0.4 is 5.32 Å². The van der Waals surface area contributed by atoms with Gasteiger partial charge in [-0.05, 0) is 27.2 Å². The summed E-state index contributed by atoms with van der Waals surface area (Å²) in [5, 5.41) is 2.58. The highest BCUT2D eigenvalue weighted by Gasteiger charge is 2.22. The fourth-order valence-corrected chi connectivity index (χ4v) is 1.33. The number of hydrogen-bond donors (Lipinski definition) is 1. The zero-order chi connectivity index (χ0) is 15.1. The number of nitrogens with one attached hydrogen (secondary N) is 1. The minimum absolute atomic E-state index is 0.0437. The van der Waals surface area contributed by atoms with Crippen molar-refractivity contribution in [3.05, 3.63) is 0 Å². The van der Waals surface area contributed by atoms with E-state index in [-0.39, 0.29) is 6.42 Å². The van der Waals surface area contributed by atoms with Crippen LogP contribution in [0.3, 0.4) is 0 Å². The number of ether oxygens (including phenoxy) is 2. The van der Waals surface area contributed by atoms with Crippen LogP contribution in [0.4, 0.5) is 4.79 Å². The minimum Gasteiger partial charge on any atom is -0.444 e. The van der Waals surface area contributed by atoms with E-state index in [4.69, 9.17) is 9.47 Å². The van der Waals surface area contributed by atoms with E-state index in [2.05, 4.69) is 5.32 Å². The molecule has 19 heavy (non-hydrogen) atoms. The lowest BCUT2D eigenvalue weighted by Gasteiger charge is -2.23. The van der Waals surface area contributed by atoms with Gasteiger partial charge in [0.25, 0.3) is 0 Å². The second-order valence-corrected chi connectivity index (χ2v) is 5.31. The van der Waals surface area contributed by atoms with Crippen LogP contribution >= 0.6 is 0 Å². The van der Waals surface area contributed by atoms with Gasteiger partial charge in [0.05, 0.1) is 0 Å². The van der Waals surface area contributed by atoms with Crippen molar-refractivity contribution in [1.82, 2.24) is 5.32 Å². The predicted molar refractivity (Wildman–Crippen MR) is 70.0 cm³/mol. The molecule has 1 unspecified atom stereocenters. The lowest BCUT2D eigenvalue weighted by Crippen LogP contribution is -2.41. The summed E-state index contributed by atoms with van der Waals surface area (Å²) < 4.78 is 10.0. The Labute approximate surface area is 113 Å². The van der Waals surface area contributed by atoms with Crippen molar-refractivity contribution >= 4 is 17.7 Å². The molecule has 0 aliphatic rings. The Bertz CT molecular complexity index is 332. The van der Waals surface area contributed by atoms with E-state index in [0.717, 1.165) is 0 Å². The molecule has 0 spiro atoms. The van der Waals surface area contributed by atoms with E-state index in [0.29, 0.717) is 13.0 Å². The van der Waals surface area contributed by atoms with Crippen molar-refractivity contribution in [2.24, 2.45) is 0 Å². The largest absolute Gasteiger partial charge is 0.444 e. The molecule has 0 aromatic carbocycles. The molecule has 1 amide bonds. The Balaban J connectivity index is 4.46. The van der Waals surface area contributed by atoms with Crippen LogP contribution in [0, 0.1) is 0 Å². The van der Waals surface area contributed by atoms with Crippen LogP contribution in [-0.2, 0) is 19.1 Å². The number of rotatable bonds is 7. The SMILES string of the molecule is COCCC(CC(=O)C(C)=O)NC(=O)OC(C)(C)C. The number of alkyl carbamates (subject to hydrolysis) is 1. The summed E-state index contributed by atoms with van der Waals surface area (Å²) in [6.45, 7) is 6.83. The van der Waals surface area contributed by atoms with Gasteiger partial charge < -0.3 is 14.8 Å². The summed E-state index contributed by atoms with van der Waals surface area (Å²) in [4.78, 5) is 34.0. The zero-order valence-corrected chi connectivity index (χ0v) is 12.2. The van der Waals surface area contributed by atoms with Gasteiger partial charge in [0, 0.05) is 33.1 Å². The van der Waals surface area contributed by atoms with E-state index in [9.17, 15) is 14.4 Å². The van der Waals surface area contributed by atoms with Crippen LogP contribution in [-0.4, -0.2) is 43.0 Å². The van der Waals surface area contributed by atoms with E-state index >= 15 is 0 Å². The monoisotopic (exact) mass is 273 g/mol. The van der Waals surface area contributed by atoms with Gasteiger partial charge in [-0.25, -0.2) is 4.79 Å². The number of amides is 1. The quantitative estimate of drug-likeness (QED) is 0.710. The molecule has 1 atom stereocenters. The van der Waals surface area contributed by atoms with Gasteiger partial charge in [0.1, 0.15) is 5.60 Å². The highest BCUT2D eigenvalue weighted by molar-refractivity contribution is 6.36. The van der Waals surface area contributed by atoms with Crippen LogP contribution in [0.5, 0.6) is 0 Å². The highest BCUT2D eigenvalue weighted by Crippen LogP contribution is 2.08. The van der Waals surface area contributed by atoms with Crippen LogP contribution in [0.2, 0.25) is 0 Å². The molecule has 0 radical (unpaired) electrons. The molecule has 0 saturated carbocycles. The molecule has 0 aromatic rings. The number of hydrogen-bond acceptors (Lipinski definition) is 5. The number of methoxy groups -OCH3 is 1. The van der Waals surface area contributed by atoms with Crippen molar-refractivity contribution in [2.45, 2.75) is 52.2 Å². The van der Waals surface area contributed by atoms with Gasteiger partial charge in [0.15, 0.2) is 11.6 Å². The van der Waals surface area contributed by atoms with Gasteiger partial charge in [-0.2, -0.15) is 0 Å². The summed E-state index contributed by atoms with van der Waals surface area (Å²) in [6.07, 6.45) is -0.211. The van der Waals surface area contributed by atoms with Gasteiger partial charge >= 0.3 is 6.09 Å². The number of carbonyl (C=O) groups is 3. The minimum atomic E-state index is -0.611. The van der Waals surface area contributed by atoms with E-state index in [1.165, 1.54) is 14.0 Å². The van der Waals surface area contributed by atoms with Crippen molar-refractivity contribution in [2.75, 3.05) is 13.7 Å². The van der Waals surface area contributed by atoms with Gasteiger partial charge in [0.2, 0.25) is 0 Å². The first-order valence-electron chi connectivity index (χ1n) is 6.18. The molecule has 0 aliphatic heterocycles. The normalized spacial score (nSPS) is 12.7. The first-order chi connectivity index (χ1) is 8.65. The van der Waals surface area contributed by atoms with E-state index in [1.807, 2.05) is 0 Å². The third-order valence-electron chi connectivity index (χ3n) is 2.22. The highest BCUT2D eigenvalue weighted by atomic mass is 16.6. The molecule has 0 fully saturated rings. The van der Waals surface area contributed by atoms with Crippen LogP contribution in [0.15, 0.2) is 0 Å². The van der Waals surface area contributed by atoms with Crippen molar-refractivity contribution < 1.29 is 23.9 Å². The average molecular weight is 273 g/mol. The standard InChI is InChI=1S/C13H23NO5/c1-9(15)11(16)8-10(6-7-18-5)14-12(17)19-13(2,3)4/h10H,6-8H2,1-5H3,(H,14,17). The average Bonchev–Trinajstić information content (AvgIpc) is 2.22.